The zero-order valence-corrected chi connectivity index (χ0v) is 10.7. The number of benzene rings is 1. The van der Waals surface area contributed by atoms with Gasteiger partial charge in [0.05, 0.1) is 0 Å². The minimum atomic E-state index is -4.66. The maximum Gasteiger partial charge on any atom is 0.573 e. The molecule has 4 nitrogen and oxygen atoms in total. The molecule has 1 heterocycles. The number of nitrogens with zero attached hydrogens (tertiary/aromatic N) is 2. The van der Waals surface area contributed by atoms with Crippen molar-refractivity contribution in [3.8, 4) is 5.75 Å². The van der Waals surface area contributed by atoms with E-state index in [0.717, 1.165) is 5.56 Å². The quantitative estimate of drug-likeness (QED) is 0.937. The Morgan fingerprint density at radius 2 is 1.95 bits per heavy atom. The number of nitrogens with one attached hydrogen (secondary N) is 1. The van der Waals surface area contributed by atoms with E-state index in [0.29, 0.717) is 17.5 Å². The van der Waals surface area contributed by atoms with E-state index in [2.05, 4.69) is 19.4 Å². The van der Waals surface area contributed by atoms with Crippen molar-refractivity contribution in [1.29, 1.82) is 0 Å². The molecule has 1 aromatic heterocycles. The lowest BCUT2D eigenvalue weighted by atomic mass is 10.2. The Balaban J connectivity index is 1.91. The van der Waals surface area contributed by atoms with Crippen molar-refractivity contribution < 1.29 is 17.9 Å². The molecule has 19 heavy (non-hydrogen) atoms. The predicted molar refractivity (Wildman–Crippen MR) is 65.1 cm³/mol. The van der Waals surface area contributed by atoms with E-state index in [1.165, 1.54) is 23.7 Å². The summed E-state index contributed by atoms with van der Waals surface area (Å²) in [4.78, 5) is 4.11. The maximum absolute atomic E-state index is 12.0. The molecule has 1 aromatic carbocycles. The molecule has 0 atom stereocenters. The number of hydrogen-bond acceptors (Lipinski definition) is 5. The van der Waals surface area contributed by atoms with E-state index in [4.69, 9.17) is 0 Å². The third-order valence-corrected chi connectivity index (χ3v) is 2.89. The number of halogens is 3. The summed E-state index contributed by atoms with van der Waals surface area (Å²) in [7, 11) is 0. The van der Waals surface area contributed by atoms with Crippen molar-refractivity contribution in [1.82, 2.24) is 9.36 Å². The van der Waals surface area contributed by atoms with Gasteiger partial charge < -0.3 is 10.1 Å². The first-order valence-electron chi connectivity index (χ1n) is 5.31. The van der Waals surface area contributed by atoms with Gasteiger partial charge in [0, 0.05) is 18.1 Å². The van der Waals surface area contributed by atoms with Crippen LogP contribution in [0.4, 0.5) is 18.3 Å². The highest BCUT2D eigenvalue weighted by atomic mass is 32.1. The van der Waals surface area contributed by atoms with Crippen molar-refractivity contribution in [3.05, 3.63) is 35.7 Å². The lowest BCUT2D eigenvalue weighted by Gasteiger charge is -2.09. The molecule has 0 aliphatic heterocycles. The fourth-order valence-corrected chi connectivity index (χ4v) is 1.92. The van der Waals surface area contributed by atoms with Gasteiger partial charge in [-0.2, -0.15) is 4.37 Å². The molecule has 0 amide bonds. The smallest absolute Gasteiger partial charge is 0.406 e. The Bertz CT molecular complexity index is 539. The van der Waals surface area contributed by atoms with Crippen molar-refractivity contribution >= 4 is 16.7 Å². The first kappa shape index (κ1) is 13.6. The molecule has 0 aliphatic carbocycles. The number of ether oxygens (including phenoxy) is 1. The average Bonchev–Trinajstić information content (AvgIpc) is 2.72. The lowest BCUT2D eigenvalue weighted by molar-refractivity contribution is -0.274. The second kappa shape index (κ2) is 5.43. The van der Waals surface area contributed by atoms with Gasteiger partial charge in [-0.3, -0.25) is 0 Å². The number of rotatable bonds is 4. The summed E-state index contributed by atoms with van der Waals surface area (Å²) in [5.41, 5.74) is 0.822. The third kappa shape index (κ3) is 4.40. The normalized spacial score (nSPS) is 11.4. The maximum atomic E-state index is 12.0. The molecule has 0 bridgehead atoms. The molecule has 0 saturated heterocycles. The fourth-order valence-electron chi connectivity index (χ4n) is 1.36. The molecule has 0 radical (unpaired) electrons. The second-order valence-corrected chi connectivity index (χ2v) is 4.44. The van der Waals surface area contributed by atoms with Crippen LogP contribution in [0.15, 0.2) is 24.3 Å². The SMILES string of the molecule is Cc1nsc(NCc2ccc(OC(F)(F)F)cc2)n1. The summed E-state index contributed by atoms with van der Waals surface area (Å²) >= 11 is 1.23. The molecule has 8 heteroatoms. The van der Waals surface area contributed by atoms with E-state index in [9.17, 15) is 13.2 Å². The van der Waals surface area contributed by atoms with E-state index in [-0.39, 0.29) is 5.75 Å². The van der Waals surface area contributed by atoms with Crippen LogP contribution in [0.5, 0.6) is 5.75 Å². The van der Waals surface area contributed by atoms with Gasteiger partial charge in [0.2, 0.25) is 5.13 Å². The highest BCUT2D eigenvalue weighted by Gasteiger charge is 2.30. The van der Waals surface area contributed by atoms with Gasteiger partial charge >= 0.3 is 6.36 Å². The van der Waals surface area contributed by atoms with Crippen molar-refractivity contribution in [3.63, 3.8) is 0 Å². The van der Waals surface area contributed by atoms with Crippen LogP contribution in [-0.4, -0.2) is 15.7 Å². The Morgan fingerprint density at radius 1 is 1.26 bits per heavy atom. The van der Waals surface area contributed by atoms with Gasteiger partial charge in [-0.05, 0) is 24.6 Å². The molecule has 2 aromatic rings. The van der Waals surface area contributed by atoms with Crippen LogP contribution >= 0.6 is 11.5 Å². The Morgan fingerprint density at radius 3 is 2.47 bits per heavy atom. The van der Waals surface area contributed by atoms with E-state index in [1.807, 2.05) is 0 Å². The number of aryl methyl sites for hydroxylation is 1. The first-order chi connectivity index (χ1) is 8.92. The van der Waals surface area contributed by atoms with Gasteiger partial charge in [0.25, 0.3) is 0 Å². The monoisotopic (exact) mass is 289 g/mol. The summed E-state index contributed by atoms with van der Waals surface area (Å²) in [5, 5.41) is 3.71. The molecule has 0 unspecified atom stereocenters. The largest absolute Gasteiger partial charge is 0.573 e. The molecule has 102 valence electrons. The van der Waals surface area contributed by atoms with Crippen LogP contribution in [0.1, 0.15) is 11.4 Å². The molecule has 0 saturated carbocycles. The molecule has 0 spiro atoms. The standard InChI is InChI=1S/C11H10F3N3OS/c1-7-16-10(19-17-7)15-6-8-2-4-9(5-3-8)18-11(12,13)14/h2-5H,6H2,1H3,(H,15,16,17). The van der Waals surface area contributed by atoms with Crippen LogP contribution in [0.25, 0.3) is 0 Å². The Hall–Kier alpha value is -1.83. The van der Waals surface area contributed by atoms with Gasteiger partial charge in [-0.1, -0.05) is 12.1 Å². The van der Waals surface area contributed by atoms with Crippen LogP contribution in [0.2, 0.25) is 0 Å². The van der Waals surface area contributed by atoms with Crippen molar-refractivity contribution in [2.24, 2.45) is 0 Å². The highest BCUT2D eigenvalue weighted by Crippen LogP contribution is 2.23. The van der Waals surface area contributed by atoms with E-state index < -0.39 is 6.36 Å². The molecule has 2 rings (SSSR count). The van der Waals surface area contributed by atoms with Crippen LogP contribution in [0.3, 0.4) is 0 Å². The Kier molecular flexibility index (Phi) is 3.89. The van der Waals surface area contributed by atoms with Crippen LogP contribution in [0, 0.1) is 6.92 Å². The summed E-state index contributed by atoms with van der Waals surface area (Å²) in [6, 6.07) is 5.66. The number of anilines is 1. The van der Waals surface area contributed by atoms with E-state index in [1.54, 1.807) is 19.1 Å². The van der Waals surface area contributed by atoms with Crippen molar-refractivity contribution in [2.45, 2.75) is 19.8 Å². The second-order valence-electron chi connectivity index (χ2n) is 3.69. The molecule has 0 aliphatic rings. The Labute approximate surface area is 111 Å². The zero-order valence-electron chi connectivity index (χ0n) is 9.86. The summed E-state index contributed by atoms with van der Waals surface area (Å²) in [5.74, 6) is 0.449. The zero-order chi connectivity index (χ0) is 13.9. The predicted octanol–water partition coefficient (Wildman–Crippen LogP) is 3.36. The van der Waals surface area contributed by atoms with Crippen LogP contribution in [-0.2, 0) is 6.54 Å². The minimum Gasteiger partial charge on any atom is -0.406 e. The summed E-state index contributed by atoms with van der Waals surface area (Å²) in [6.45, 7) is 2.24. The summed E-state index contributed by atoms with van der Waals surface area (Å²) in [6.07, 6.45) is -4.66. The highest BCUT2D eigenvalue weighted by molar-refractivity contribution is 7.09. The van der Waals surface area contributed by atoms with Gasteiger partial charge in [-0.15, -0.1) is 13.2 Å². The van der Waals surface area contributed by atoms with Crippen LogP contribution < -0.4 is 10.1 Å². The van der Waals surface area contributed by atoms with Crippen molar-refractivity contribution in [2.75, 3.05) is 5.32 Å². The molecular formula is C11H10F3N3OS. The minimum absolute atomic E-state index is 0.233. The number of aromatic nitrogens is 2. The molecule has 1 N–H and O–H groups in total. The third-order valence-electron chi connectivity index (χ3n) is 2.13. The molecule has 0 fully saturated rings. The summed E-state index contributed by atoms with van der Waals surface area (Å²) < 4.78 is 43.7. The fraction of sp³-hybridized carbons (Fsp3) is 0.273. The average molecular weight is 289 g/mol. The lowest BCUT2D eigenvalue weighted by Crippen LogP contribution is -2.17. The van der Waals surface area contributed by atoms with Gasteiger partial charge in [-0.25, -0.2) is 4.98 Å². The molecular weight excluding hydrogens is 279 g/mol. The first-order valence-corrected chi connectivity index (χ1v) is 6.08. The topological polar surface area (TPSA) is 47.0 Å². The number of alkyl halides is 3. The van der Waals surface area contributed by atoms with E-state index >= 15 is 0 Å². The number of hydrogen-bond donors (Lipinski definition) is 1. The van der Waals surface area contributed by atoms with Gasteiger partial charge in [0.1, 0.15) is 11.6 Å². The van der Waals surface area contributed by atoms with Gasteiger partial charge in [0.15, 0.2) is 0 Å².